The van der Waals surface area contributed by atoms with E-state index in [-0.39, 0.29) is 10.9 Å². The lowest BCUT2D eigenvalue weighted by atomic mass is 9.92. The van der Waals surface area contributed by atoms with Crippen LogP contribution in [-0.4, -0.2) is 39.0 Å². The molecule has 2 rings (SSSR count). The molecule has 124 valence electrons. The highest BCUT2D eigenvalue weighted by Crippen LogP contribution is 2.33. The first-order valence-corrected chi connectivity index (χ1v) is 9.12. The molecule has 0 aliphatic carbocycles. The minimum absolute atomic E-state index is 0.112. The molecule has 1 unspecified atom stereocenters. The third-order valence-electron chi connectivity index (χ3n) is 4.45. The Bertz CT molecular complexity index is 633. The maximum absolute atomic E-state index is 13.0. The first-order chi connectivity index (χ1) is 10.3. The first-order valence-electron chi connectivity index (χ1n) is 7.68. The number of hydrogen-bond donors (Lipinski definition) is 1. The third kappa shape index (κ3) is 3.29. The van der Waals surface area contributed by atoms with E-state index in [4.69, 9.17) is 10.5 Å². The van der Waals surface area contributed by atoms with Gasteiger partial charge in [-0.25, -0.2) is 8.42 Å². The molecule has 1 fully saturated rings. The topological polar surface area (TPSA) is 72.6 Å². The Morgan fingerprint density at radius 2 is 1.86 bits per heavy atom. The highest BCUT2D eigenvalue weighted by Gasteiger charge is 2.32. The Hall–Kier alpha value is -1.11. The van der Waals surface area contributed by atoms with E-state index in [9.17, 15) is 8.42 Å². The van der Waals surface area contributed by atoms with Gasteiger partial charge < -0.3 is 10.5 Å². The summed E-state index contributed by atoms with van der Waals surface area (Å²) in [6.07, 6.45) is 1.62. The van der Waals surface area contributed by atoms with Crippen LogP contribution in [0.15, 0.2) is 17.0 Å². The standard InChI is InChI=1S/C16H26N2O3S/c1-11-9-12(2)16(21-4)15(10-11)22(19,20)18-7-5-14(6-8-18)13(3)17/h9-10,13-14H,5-8,17H2,1-4H3. The number of aryl methyl sites for hydroxylation is 2. The Balaban J connectivity index is 2.32. The Morgan fingerprint density at radius 1 is 1.27 bits per heavy atom. The molecule has 0 spiro atoms. The molecule has 2 N–H and O–H groups in total. The molecular formula is C16H26N2O3S. The molecule has 1 aromatic carbocycles. The number of hydrogen-bond acceptors (Lipinski definition) is 4. The van der Waals surface area contributed by atoms with Crippen LogP contribution in [0.25, 0.3) is 0 Å². The van der Waals surface area contributed by atoms with Gasteiger partial charge in [-0.3, -0.25) is 0 Å². The normalized spacial score (nSPS) is 19.1. The van der Waals surface area contributed by atoms with Crippen LogP contribution in [0.5, 0.6) is 5.75 Å². The van der Waals surface area contributed by atoms with Crippen LogP contribution < -0.4 is 10.5 Å². The molecule has 0 amide bonds. The van der Waals surface area contributed by atoms with Gasteiger partial charge in [0.2, 0.25) is 10.0 Å². The maximum Gasteiger partial charge on any atom is 0.246 e. The van der Waals surface area contributed by atoms with Gasteiger partial charge in [0.25, 0.3) is 0 Å². The Labute approximate surface area is 133 Å². The molecular weight excluding hydrogens is 300 g/mol. The van der Waals surface area contributed by atoms with Crippen molar-refractivity contribution in [2.45, 2.75) is 44.6 Å². The lowest BCUT2D eigenvalue weighted by molar-refractivity contribution is 0.250. The van der Waals surface area contributed by atoms with Crippen LogP contribution in [0.3, 0.4) is 0 Å². The van der Waals surface area contributed by atoms with Crippen LogP contribution in [0.1, 0.15) is 30.9 Å². The average Bonchev–Trinajstić information content (AvgIpc) is 2.46. The van der Waals surface area contributed by atoms with Crippen LogP contribution in [0.4, 0.5) is 0 Å². The van der Waals surface area contributed by atoms with E-state index in [1.54, 1.807) is 10.4 Å². The van der Waals surface area contributed by atoms with Crippen molar-refractivity contribution >= 4 is 10.0 Å². The van der Waals surface area contributed by atoms with Crippen LogP contribution in [0, 0.1) is 19.8 Å². The fraction of sp³-hybridized carbons (Fsp3) is 0.625. The Morgan fingerprint density at radius 3 is 2.36 bits per heavy atom. The molecule has 1 aliphatic heterocycles. The van der Waals surface area contributed by atoms with E-state index in [0.29, 0.717) is 24.8 Å². The summed E-state index contributed by atoms with van der Waals surface area (Å²) in [6.45, 7) is 6.79. The Kier molecular flexibility index (Phi) is 5.14. The van der Waals surface area contributed by atoms with Crippen molar-refractivity contribution in [2.75, 3.05) is 20.2 Å². The summed E-state index contributed by atoms with van der Waals surface area (Å²) >= 11 is 0. The molecule has 1 atom stereocenters. The molecule has 0 radical (unpaired) electrons. The molecule has 1 heterocycles. The molecule has 0 bridgehead atoms. The second-order valence-corrected chi connectivity index (χ2v) is 8.12. The van der Waals surface area contributed by atoms with Crippen molar-refractivity contribution in [3.63, 3.8) is 0 Å². The largest absolute Gasteiger partial charge is 0.495 e. The predicted molar refractivity (Wildman–Crippen MR) is 87.6 cm³/mol. The highest BCUT2D eigenvalue weighted by molar-refractivity contribution is 7.89. The summed E-state index contributed by atoms with van der Waals surface area (Å²) in [4.78, 5) is 0.270. The lowest BCUT2D eigenvalue weighted by Gasteiger charge is -2.33. The molecule has 1 saturated heterocycles. The SMILES string of the molecule is COc1c(C)cc(C)cc1S(=O)(=O)N1CCC(C(C)N)CC1. The second kappa shape index (κ2) is 6.56. The van der Waals surface area contributed by atoms with E-state index in [1.807, 2.05) is 26.8 Å². The van der Waals surface area contributed by atoms with Gasteiger partial charge in [-0.15, -0.1) is 0 Å². The summed E-state index contributed by atoms with van der Waals surface area (Å²) in [5.41, 5.74) is 7.69. The van der Waals surface area contributed by atoms with Gasteiger partial charge in [0, 0.05) is 19.1 Å². The maximum atomic E-state index is 13.0. The summed E-state index contributed by atoms with van der Waals surface area (Å²) in [5.74, 6) is 0.840. The van der Waals surface area contributed by atoms with Gasteiger partial charge in [-0.05, 0) is 56.7 Å². The molecule has 1 aromatic rings. The summed E-state index contributed by atoms with van der Waals surface area (Å²) < 4.78 is 32.8. The number of nitrogens with zero attached hydrogens (tertiary/aromatic N) is 1. The van der Waals surface area contributed by atoms with Crippen molar-refractivity contribution in [3.8, 4) is 5.75 Å². The quantitative estimate of drug-likeness (QED) is 0.919. The average molecular weight is 326 g/mol. The first kappa shape index (κ1) is 17.2. The second-order valence-electron chi connectivity index (χ2n) is 6.21. The van der Waals surface area contributed by atoms with Gasteiger partial charge in [-0.2, -0.15) is 4.31 Å². The zero-order valence-electron chi connectivity index (χ0n) is 13.8. The number of methoxy groups -OCH3 is 1. The van der Waals surface area contributed by atoms with Crippen molar-refractivity contribution in [3.05, 3.63) is 23.3 Å². The van der Waals surface area contributed by atoms with E-state index in [0.717, 1.165) is 24.0 Å². The number of ether oxygens (including phenoxy) is 1. The van der Waals surface area contributed by atoms with E-state index >= 15 is 0 Å². The molecule has 1 aliphatic rings. The van der Waals surface area contributed by atoms with Gasteiger partial charge in [0.1, 0.15) is 10.6 Å². The van der Waals surface area contributed by atoms with Crippen molar-refractivity contribution < 1.29 is 13.2 Å². The number of nitrogens with two attached hydrogens (primary N) is 1. The van der Waals surface area contributed by atoms with Gasteiger partial charge >= 0.3 is 0 Å². The van der Waals surface area contributed by atoms with Crippen molar-refractivity contribution in [1.82, 2.24) is 4.31 Å². The van der Waals surface area contributed by atoms with E-state index < -0.39 is 10.0 Å². The minimum atomic E-state index is -3.53. The van der Waals surface area contributed by atoms with Gasteiger partial charge in [0.05, 0.1) is 7.11 Å². The molecule has 5 nitrogen and oxygen atoms in total. The molecule has 0 saturated carbocycles. The zero-order chi connectivity index (χ0) is 16.5. The fourth-order valence-electron chi connectivity index (χ4n) is 3.15. The van der Waals surface area contributed by atoms with Crippen molar-refractivity contribution in [1.29, 1.82) is 0 Å². The van der Waals surface area contributed by atoms with Crippen LogP contribution in [0.2, 0.25) is 0 Å². The zero-order valence-corrected chi connectivity index (χ0v) is 14.6. The van der Waals surface area contributed by atoms with Gasteiger partial charge in [-0.1, -0.05) is 6.07 Å². The third-order valence-corrected chi connectivity index (χ3v) is 6.35. The fourth-order valence-corrected chi connectivity index (χ4v) is 4.93. The molecule has 0 aromatic heterocycles. The van der Waals surface area contributed by atoms with Gasteiger partial charge in [0.15, 0.2) is 0 Å². The van der Waals surface area contributed by atoms with Crippen LogP contribution in [-0.2, 0) is 10.0 Å². The van der Waals surface area contributed by atoms with Crippen LogP contribution >= 0.6 is 0 Å². The number of rotatable bonds is 4. The monoisotopic (exact) mass is 326 g/mol. The number of piperidine rings is 1. The van der Waals surface area contributed by atoms with E-state index in [1.165, 1.54) is 7.11 Å². The summed E-state index contributed by atoms with van der Waals surface area (Å²) in [5, 5.41) is 0. The summed E-state index contributed by atoms with van der Waals surface area (Å²) in [6, 6.07) is 3.74. The predicted octanol–water partition coefficient (Wildman–Crippen LogP) is 2.06. The highest BCUT2D eigenvalue weighted by atomic mass is 32.2. The number of benzene rings is 1. The molecule has 22 heavy (non-hydrogen) atoms. The number of sulfonamides is 1. The molecule has 6 heteroatoms. The minimum Gasteiger partial charge on any atom is -0.495 e. The lowest BCUT2D eigenvalue weighted by Crippen LogP contribution is -2.42. The smallest absolute Gasteiger partial charge is 0.246 e. The van der Waals surface area contributed by atoms with Crippen molar-refractivity contribution in [2.24, 2.45) is 11.7 Å². The van der Waals surface area contributed by atoms with E-state index in [2.05, 4.69) is 0 Å². The summed E-state index contributed by atoms with van der Waals surface area (Å²) in [7, 11) is -2.02.